The molecule has 1 aliphatic heterocycles. The van der Waals surface area contributed by atoms with Crippen LogP contribution in [0, 0.1) is 13.8 Å². The van der Waals surface area contributed by atoms with E-state index in [0.717, 1.165) is 48.9 Å². The standard InChI is InChI=1S/C15H24N4OS/c1-4-19-5-6-20-12(9-19)8-17-15-13(14(16)21)10(2)7-11(3)18-15/h7,12H,4-6,8-9H2,1-3H3,(H2,16,21)(H,17,18). The molecule has 116 valence electrons. The van der Waals surface area contributed by atoms with Gasteiger partial charge in [-0.3, -0.25) is 4.90 Å². The van der Waals surface area contributed by atoms with Gasteiger partial charge in [-0.1, -0.05) is 19.1 Å². The molecular weight excluding hydrogens is 284 g/mol. The van der Waals surface area contributed by atoms with Crippen LogP contribution < -0.4 is 11.1 Å². The zero-order valence-electron chi connectivity index (χ0n) is 13.0. The number of morpholine rings is 1. The highest BCUT2D eigenvalue weighted by atomic mass is 32.1. The first-order chi connectivity index (χ1) is 10.0. The number of likely N-dealkylation sites (N-methyl/N-ethyl adjacent to an activating group) is 1. The first-order valence-electron chi connectivity index (χ1n) is 7.37. The summed E-state index contributed by atoms with van der Waals surface area (Å²) in [6, 6.07) is 2.00. The number of anilines is 1. The van der Waals surface area contributed by atoms with E-state index in [1.54, 1.807) is 0 Å². The van der Waals surface area contributed by atoms with Crippen molar-refractivity contribution in [3.8, 4) is 0 Å². The highest BCUT2D eigenvalue weighted by molar-refractivity contribution is 7.80. The van der Waals surface area contributed by atoms with Crippen LogP contribution in [0.25, 0.3) is 0 Å². The van der Waals surface area contributed by atoms with Crippen molar-refractivity contribution in [1.29, 1.82) is 0 Å². The quantitative estimate of drug-likeness (QED) is 0.803. The lowest BCUT2D eigenvalue weighted by atomic mass is 10.1. The molecule has 1 aromatic heterocycles. The summed E-state index contributed by atoms with van der Waals surface area (Å²) >= 11 is 5.15. The molecule has 0 aromatic carbocycles. The number of pyridine rings is 1. The summed E-state index contributed by atoms with van der Waals surface area (Å²) in [6.45, 7) is 10.6. The van der Waals surface area contributed by atoms with Gasteiger partial charge in [-0.05, 0) is 32.0 Å². The van der Waals surface area contributed by atoms with Crippen molar-refractivity contribution >= 4 is 23.0 Å². The van der Waals surface area contributed by atoms with Crippen LogP contribution in [0.4, 0.5) is 5.82 Å². The van der Waals surface area contributed by atoms with Crippen LogP contribution in [0.2, 0.25) is 0 Å². The van der Waals surface area contributed by atoms with Crippen LogP contribution in [0.3, 0.4) is 0 Å². The molecule has 0 aliphatic carbocycles. The second-order valence-electron chi connectivity index (χ2n) is 5.44. The summed E-state index contributed by atoms with van der Waals surface area (Å²) in [6.07, 6.45) is 0.167. The summed E-state index contributed by atoms with van der Waals surface area (Å²) in [5.74, 6) is 0.761. The Labute approximate surface area is 131 Å². The largest absolute Gasteiger partial charge is 0.389 e. The molecule has 0 bridgehead atoms. The Kier molecular flexibility index (Phi) is 5.50. The summed E-state index contributed by atoms with van der Waals surface area (Å²) in [5, 5.41) is 3.36. The Balaban J connectivity index is 2.07. The molecule has 5 nitrogen and oxygen atoms in total. The minimum Gasteiger partial charge on any atom is -0.389 e. The Morgan fingerprint density at radius 3 is 3.00 bits per heavy atom. The summed E-state index contributed by atoms with van der Waals surface area (Å²) in [7, 11) is 0. The number of nitrogens with zero attached hydrogens (tertiary/aromatic N) is 2. The number of rotatable bonds is 5. The van der Waals surface area contributed by atoms with Crippen LogP contribution >= 0.6 is 12.2 Å². The van der Waals surface area contributed by atoms with E-state index < -0.39 is 0 Å². The third kappa shape index (κ3) is 4.12. The molecule has 3 N–H and O–H groups in total. The summed E-state index contributed by atoms with van der Waals surface area (Å²) in [4.78, 5) is 7.30. The van der Waals surface area contributed by atoms with Crippen LogP contribution in [-0.2, 0) is 4.74 Å². The molecule has 0 spiro atoms. The van der Waals surface area contributed by atoms with Crippen molar-refractivity contribution in [3.63, 3.8) is 0 Å². The van der Waals surface area contributed by atoms with Gasteiger partial charge in [0.25, 0.3) is 0 Å². The summed E-state index contributed by atoms with van der Waals surface area (Å²) in [5.41, 5.74) is 8.67. The van der Waals surface area contributed by atoms with E-state index in [9.17, 15) is 0 Å². The molecule has 1 aromatic rings. The molecule has 1 saturated heterocycles. The third-order valence-electron chi connectivity index (χ3n) is 3.76. The van der Waals surface area contributed by atoms with Gasteiger partial charge in [0.2, 0.25) is 0 Å². The van der Waals surface area contributed by atoms with Crippen LogP contribution in [-0.4, -0.2) is 53.8 Å². The molecule has 1 unspecified atom stereocenters. The van der Waals surface area contributed by atoms with E-state index >= 15 is 0 Å². The van der Waals surface area contributed by atoms with Gasteiger partial charge in [0.15, 0.2) is 0 Å². The smallest absolute Gasteiger partial charge is 0.136 e. The second-order valence-corrected chi connectivity index (χ2v) is 5.88. The van der Waals surface area contributed by atoms with Gasteiger partial charge in [0, 0.05) is 25.3 Å². The number of aromatic nitrogens is 1. The molecule has 0 amide bonds. The van der Waals surface area contributed by atoms with E-state index in [1.165, 1.54) is 0 Å². The Morgan fingerprint density at radius 1 is 1.57 bits per heavy atom. The molecular formula is C15H24N4OS. The molecule has 21 heavy (non-hydrogen) atoms. The lowest BCUT2D eigenvalue weighted by molar-refractivity contribution is -0.0192. The van der Waals surface area contributed by atoms with Gasteiger partial charge in [-0.2, -0.15) is 0 Å². The Hall–Kier alpha value is -1.24. The first-order valence-corrected chi connectivity index (χ1v) is 7.78. The van der Waals surface area contributed by atoms with Crippen molar-refractivity contribution in [2.75, 3.05) is 38.1 Å². The predicted octanol–water partition coefficient (Wildman–Crippen LogP) is 1.47. The van der Waals surface area contributed by atoms with Crippen molar-refractivity contribution < 1.29 is 4.74 Å². The summed E-state index contributed by atoms with van der Waals surface area (Å²) < 4.78 is 5.80. The second kappa shape index (κ2) is 7.15. The van der Waals surface area contributed by atoms with Gasteiger partial charge < -0.3 is 15.8 Å². The molecule has 2 rings (SSSR count). The minimum atomic E-state index is 0.167. The fourth-order valence-corrected chi connectivity index (χ4v) is 2.94. The number of hydrogen-bond donors (Lipinski definition) is 2. The Bertz CT molecular complexity index is 521. The number of ether oxygens (including phenoxy) is 1. The highest BCUT2D eigenvalue weighted by Crippen LogP contribution is 2.19. The highest BCUT2D eigenvalue weighted by Gasteiger charge is 2.20. The molecule has 2 heterocycles. The van der Waals surface area contributed by atoms with Crippen molar-refractivity contribution in [2.45, 2.75) is 26.9 Å². The first kappa shape index (κ1) is 16.1. The minimum absolute atomic E-state index is 0.167. The number of hydrogen-bond acceptors (Lipinski definition) is 5. The maximum atomic E-state index is 5.83. The van der Waals surface area contributed by atoms with Gasteiger partial charge in [-0.25, -0.2) is 4.98 Å². The maximum Gasteiger partial charge on any atom is 0.136 e. The van der Waals surface area contributed by atoms with Crippen LogP contribution in [0.15, 0.2) is 6.07 Å². The molecule has 1 atom stereocenters. The number of nitrogens with one attached hydrogen (secondary N) is 1. The zero-order chi connectivity index (χ0) is 15.4. The topological polar surface area (TPSA) is 63.4 Å². The third-order valence-corrected chi connectivity index (χ3v) is 3.96. The fraction of sp³-hybridized carbons (Fsp3) is 0.600. The molecule has 6 heteroatoms. The number of thiocarbonyl (C=S) groups is 1. The predicted molar refractivity (Wildman–Crippen MR) is 89.9 cm³/mol. The number of aryl methyl sites for hydroxylation is 2. The van der Waals surface area contributed by atoms with Crippen molar-refractivity contribution in [1.82, 2.24) is 9.88 Å². The van der Waals surface area contributed by atoms with E-state index in [2.05, 4.69) is 22.1 Å². The van der Waals surface area contributed by atoms with Gasteiger partial charge >= 0.3 is 0 Å². The average Bonchev–Trinajstić information content (AvgIpc) is 2.44. The van der Waals surface area contributed by atoms with Gasteiger partial charge in [0.05, 0.1) is 18.3 Å². The SMILES string of the molecule is CCN1CCOC(CNc2nc(C)cc(C)c2C(N)=S)C1. The lowest BCUT2D eigenvalue weighted by Gasteiger charge is -2.32. The maximum absolute atomic E-state index is 5.83. The van der Waals surface area contributed by atoms with Crippen LogP contribution in [0.5, 0.6) is 0 Å². The molecule has 0 radical (unpaired) electrons. The molecule has 1 aliphatic rings. The lowest BCUT2D eigenvalue weighted by Crippen LogP contribution is -2.45. The fourth-order valence-electron chi connectivity index (χ4n) is 2.68. The molecule has 1 fully saturated rings. The normalized spacial score (nSPS) is 19.5. The van der Waals surface area contributed by atoms with Gasteiger partial charge in [0.1, 0.15) is 10.8 Å². The van der Waals surface area contributed by atoms with E-state index in [0.29, 0.717) is 11.5 Å². The van der Waals surface area contributed by atoms with E-state index in [1.807, 2.05) is 19.9 Å². The van der Waals surface area contributed by atoms with Crippen molar-refractivity contribution in [2.24, 2.45) is 5.73 Å². The van der Waals surface area contributed by atoms with E-state index in [4.69, 9.17) is 22.7 Å². The molecule has 0 saturated carbocycles. The van der Waals surface area contributed by atoms with E-state index in [-0.39, 0.29) is 6.10 Å². The zero-order valence-corrected chi connectivity index (χ0v) is 13.8. The van der Waals surface area contributed by atoms with Gasteiger partial charge in [-0.15, -0.1) is 0 Å². The van der Waals surface area contributed by atoms with Crippen molar-refractivity contribution in [3.05, 3.63) is 22.9 Å². The average molecular weight is 308 g/mol. The number of nitrogens with two attached hydrogens (primary N) is 1. The Morgan fingerprint density at radius 2 is 2.33 bits per heavy atom. The van der Waals surface area contributed by atoms with Crippen LogP contribution in [0.1, 0.15) is 23.7 Å². The monoisotopic (exact) mass is 308 g/mol.